The van der Waals surface area contributed by atoms with Gasteiger partial charge in [0.2, 0.25) is 17.6 Å². The maximum absolute atomic E-state index is 12.0. The van der Waals surface area contributed by atoms with Crippen molar-refractivity contribution in [3.05, 3.63) is 30.2 Å². The molecule has 2 aromatic rings. The number of nitrogens with zero attached hydrogens (tertiary/aromatic N) is 2. The maximum Gasteiger partial charge on any atom is 0.227 e. The van der Waals surface area contributed by atoms with E-state index in [1.165, 1.54) is 0 Å². The third-order valence-corrected chi connectivity index (χ3v) is 3.79. The standard InChI is InChI=1S/C18H26N4O3.ClH/c1-12(2)10-14(11-19)20-16(23)8-9-17-21-18(22-25-17)13-4-6-15(24-3)7-5-13;/h4-7,12,14H,8-11,19H2,1-3H3,(H,20,23);1H. The van der Waals surface area contributed by atoms with Crippen LogP contribution in [0.15, 0.2) is 28.8 Å². The van der Waals surface area contributed by atoms with Crippen molar-refractivity contribution in [3.8, 4) is 17.1 Å². The molecule has 144 valence electrons. The lowest BCUT2D eigenvalue weighted by Gasteiger charge is -2.18. The molecule has 0 saturated carbocycles. The van der Waals surface area contributed by atoms with E-state index in [1.807, 2.05) is 24.3 Å². The lowest BCUT2D eigenvalue weighted by molar-refractivity contribution is -0.121. The van der Waals surface area contributed by atoms with E-state index in [2.05, 4.69) is 29.3 Å². The highest BCUT2D eigenvalue weighted by Crippen LogP contribution is 2.20. The molecule has 1 atom stereocenters. The van der Waals surface area contributed by atoms with Gasteiger partial charge in [-0.25, -0.2) is 0 Å². The van der Waals surface area contributed by atoms with Gasteiger partial charge in [0.15, 0.2) is 0 Å². The Morgan fingerprint density at radius 2 is 2.00 bits per heavy atom. The number of hydrogen-bond acceptors (Lipinski definition) is 6. The lowest BCUT2D eigenvalue weighted by Crippen LogP contribution is -2.41. The Kier molecular flexibility index (Phi) is 9.09. The van der Waals surface area contributed by atoms with Gasteiger partial charge < -0.3 is 20.3 Å². The fourth-order valence-corrected chi connectivity index (χ4v) is 2.52. The van der Waals surface area contributed by atoms with Crippen LogP contribution in [-0.4, -0.2) is 35.7 Å². The van der Waals surface area contributed by atoms with Crippen molar-refractivity contribution < 1.29 is 14.1 Å². The number of methoxy groups -OCH3 is 1. The monoisotopic (exact) mass is 382 g/mol. The molecule has 0 aliphatic carbocycles. The molecule has 1 heterocycles. The average molecular weight is 383 g/mol. The predicted octanol–water partition coefficient (Wildman–Crippen LogP) is 2.59. The van der Waals surface area contributed by atoms with Crippen molar-refractivity contribution in [2.24, 2.45) is 11.7 Å². The van der Waals surface area contributed by atoms with Crippen molar-refractivity contribution in [3.63, 3.8) is 0 Å². The summed E-state index contributed by atoms with van der Waals surface area (Å²) < 4.78 is 10.3. The van der Waals surface area contributed by atoms with Gasteiger partial charge in [-0.2, -0.15) is 4.98 Å². The molecule has 1 unspecified atom stereocenters. The fraction of sp³-hybridized carbons (Fsp3) is 0.500. The molecule has 1 aromatic heterocycles. The molecule has 1 aromatic carbocycles. The van der Waals surface area contributed by atoms with Gasteiger partial charge in [-0.15, -0.1) is 12.4 Å². The highest BCUT2D eigenvalue weighted by Gasteiger charge is 2.14. The summed E-state index contributed by atoms with van der Waals surface area (Å²) in [7, 11) is 1.61. The largest absolute Gasteiger partial charge is 0.497 e. The van der Waals surface area contributed by atoms with E-state index in [9.17, 15) is 4.79 Å². The summed E-state index contributed by atoms with van der Waals surface area (Å²) in [5.41, 5.74) is 6.53. The molecule has 1 amide bonds. The first kappa shape index (κ1) is 21.9. The average Bonchev–Trinajstić information content (AvgIpc) is 3.08. The number of nitrogens with two attached hydrogens (primary N) is 1. The SMILES string of the molecule is COc1ccc(-c2noc(CCC(=O)NC(CN)CC(C)C)n2)cc1.Cl. The summed E-state index contributed by atoms with van der Waals surface area (Å²) in [6.45, 7) is 4.65. The number of carbonyl (C=O) groups excluding carboxylic acids is 1. The Labute approximate surface area is 160 Å². The van der Waals surface area contributed by atoms with Crippen LogP contribution in [0.2, 0.25) is 0 Å². The van der Waals surface area contributed by atoms with E-state index in [-0.39, 0.29) is 24.4 Å². The quantitative estimate of drug-likeness (QED) is 0.690. The topological polar surface area (TPSA) is 103 Å². The molecule has 0 aliphatic rings. The molecule has 2 rings (SSSR count). The van der Waals surface area contributed by atoms with Gasteiger partial charge in [0, 0.05) is 31.0 Å². The first-order valence-electron chi connectivity index (χ1n) is 8.48. The number of benzene rings is 1. The molecular formula is C18H27ClN4O3. The second-order valence-corrected chi connectivity index (χ2v) is 6.37. The first-order chi connectivity index (χ1) is 12.0. The van der Waals surface area contributed by atoms with Crippen molar-refractivity contribution in [2.45, 2.75) is 39.2 Å². The smallest absolute Gasteiger partial charge is 0.227 e. The Bertz CT molecular complexity index is 673. The predicted molar refractivity (Wildman–Crippen MR) is 102 cm³/mol. The van der Waals surface area contributed by atoms with Crippen LogP contribution < -0.4 is 15.8 Å². The van der Waals surface area contributed by atoms with Gasteiger partial charge in [0.05, 0.1) is 7.11 Å². The fourth-order valence-electron chi connectivity index (χ4n) is 2.52. The Morgan fingerprint density at radius 1 is 1.31 bits per heavy atom. The molecule has 0 saturated heterocycles. The number of aromatic nitrogens is 2. The Balaban J connectivity index is 0.00000338. The van der Waals surface area contributed by atoms with E-state index in [1.54, 1.807) is 7.11 Å². The number of nitrogens with one attached hydrogen (secondary N) is 1. The first-order valence-corrected chi connectivity index (χ1v) is 8.48. The van der Waals surface area contributed by atoms with Gasteiger partial charge in [0.1, 0.15) is 5.75 Å². The van der Waals surface area contributed by atoms with Crippen LogP contribution in [0.4, 0.5) is 0 Å². The van der Waals surface area contributed by atoms with Gasteiger partial charge in [-0.3, -0.25) is 4.79 Å². The minimum atomic E-state index is -0.0553. The zero-order valence-electron chi connectivity index (χ0n) is 15.4. The van der Waals surface area contributed by atoms with Crippen LogP contribution in [0.25, 0.3) is 11.4 Å². The highest BCUT2D eigenvalue weighted by atomic mass is 35.5. The molecule has 0 aliphatic heterocycles. The maximum atomic E-state index is 12.0. The van der Waals surface area contributed by atoms with Crippen LogP contribution >= 0.6 is 12.4 Å². The summed E-state index contributed by atoms with van der Waals surface area (Å²) in [6, 6.07) is 7.39. The van der Waals surface area contributed by atoms with Crippen LogP contribution in [-0.2, 0) is 11.2 Å². The second-order valence-electron chi connectivity index (χ2n) is 6.37. The minimum Gasteiger partial charge on any atom is -0.497 e. The number of ether oxygens (including phenoxy) is 1. The molecule has 26 heavy (non-hydrogen) atoms. The third-order valence-electron chi connectivity index (χ3n) is 3.79. The van der Waals surface area contributed by atoms with Gasteiger partial charge in [0.25, 0.3) is 0 Å². The highest BCUT2D eigenvalue weighted by molar-refractivity contribution is 5.85. The number of carbonyl (C=O) groups is 1. The number of amides is 1. The van der Waals surface area contributed by atoms with Crippen LogP contribution in [0, 0.1) is 5.92 Å². The molecular weight excluding hydrogens is 356 g/mol. The Hall–Kier alpha value is -2.12. The molecule has 3 N–H and O–H groups in total. The van der Waals surface area contributed by atoms with Crippen molar-refractivity contribution >= 4 is 18.3 Å². The second kappa shape index (κ2) is 10.8. The van der Waals surface area contributed by atoms with Crippen LogP contribution in [0.5, 0.6) is 5.75 Å². The normalized spacial score (nSPS) is 11.7. The van der Waals surface area contributed by atoms with E-state index in [0.29, 0.717) is 37.0 Å². The third kappa shape index (κ3) is 6.65. The molecule has 0 spiro atoms. The summed E-state index contributed by atoms with van der Waals surface area (Å²) in [5, 5.41) is 6.91. The zero-order valence-corrected chi connectivity index (χ0v) is 16.2. The van der Waals surface area contributed by atoms with Crippen molar-refractivity contribution in [2.75, 3.05) is 13.7 Å². The van der Waals surface area contributed by atoms with Crippen molar-refractivity contribution in [1.29, 1.82) is 0 Å². The minimum absolute atomic E-state index is 0. The number of hydrogen-bond donors (Lipinski definition) is 2. The van der Waals surface area contributed by atoms with Crippen LogP contribution in [0.3, 0.4) is 0 Å². The van der Waals surface area contributed by atoms with Gasteiger partial charge >= 0.3 is 0 Å². The van der Waals surface area contributed by atoms with Gasteiger partial charge in [-0.05, 0) is 36.6 Å². The lowest BCUT2D eigenvalue weighted by atomic mass is 10.0. The summed E-state index contributed by atoms with van der Waals surface area (Å²) in [6.07, 6.45) is 1.55. The molecule has 7 nitrogen and oxygen atoms in total. The summed E-state index contributed by atoms with van der Waals surface area (Å²) in [5.74, 6) is 2.13. The van der Waals surface area contributed by atoms with E-state index < -0.39 is 0 Å². The van der Waals surface area contributed by atoms with E-state index in [4.69, 9.17) is 15.0 Å². The number of halogens is 1. The summed E-state index contributed by atoms with van der Waals surface area (Å²) >= 11 is 0. The van der Waals surface area contributed by atoms with Gasteiger partial charge in [-0.1, -0.05) is 19.0 Å². The van der Waals surface area contributed by atoms with Crippen molar-refractivity contribution in [1.82, 2.24) is 15.5 Å². The number of rotatable bonds is 9. The Morgan fingerprint density at radius 3 is 2.58 bits per heavy atom. The van der Waals surface area contributed by atoms with E-state index >= 15 is 0 Å². The molecule has 0 radical (unpaired) electrons. The molecule has 0 fully saturated rings. The summed E-state index contributed by atoms with van der Waals surface area (Å²) in [4.78, 5) is 16.4. The van der Waals surface area contributed by atoms with E-state index in [0.717, 1.165) is 17.7 Å². The molecule has 8 heteroatoms. The number of aryl methyl sites for hydroxylation is 1. The molecule has 0 bridgehead atoms. The zero-order chi connectivity index (χ0) is 18.2. The van der Waals surface area contributed by atoms with Crippen LogP contribution in [0.1, 0.15) is 32.6 Å².